The van der Waals surface area contributed by atoms with Gasteiger partial charge in [-0.1, -0.05) is 18.2 Å². The first-order valence-electron chi connectivity index (χ1n) is 5.70. The number of rotatable bonds is 5. The number of fused-ring (bicyclic) bond motifs is 1. The number of benzene rings is 2. The molecular weight excluding hydrogens is 232 g/mol. The van der Waals surface area contributed by atoms with Crippen molar-refractivity contribution < 1.29 is 19.6 Å². The quantitative estimate of drug-likeness (QED) is 0.500. The molecule has 0 aliphatic carbocycles. The minimum atomic E-state index is -0.349. The van der Waals surface area contributed by atoms with Crippen LogP contribution in [-0.4, -0.2) is 19.2 Å². The summed E-state index contributed by atoms with van der Waals surface area (Å²) in [6.07, 6.45) is -0.349. The van der Waals surface area contributed by atoms with Gasteiger partial charge >= 0.3 is 0 Å². The van der Waals surface area contributed by atoms with Crippen LogP contribution in [0.3, 0.4) is 0 Å². The Morgan fingerprint density at radius 2 is 1.89 bits per heavy atom. The Kier molecular flexibility index (Phi) is 4.15. The van der Waals surface area contributed by atoms with E-state index in [-0.39, 0.29) is 12.9 Å². The van der Waals surface area contributed by atoms with Crippen LogP contribution < -0.4 is 4.74 Å². The van der Waals surface area contributed by atoms with E-state index in [1.54, 1.807) is 14.0 Å². The molecule has 1 N–H and O–H groups in total. The van der Waals surface area contributed by atoms with Crippen LogP contribution >= 0.6 is 0 Å². The largest absolute Gasteiger partial charge is 0.468 e. The van der Waals surface area contributed by atoms with Crippen LogP contribution in [0.2, 0.25) is 0 Å². The highest BCUT2D eigenvalue weighted by Crippen LogP contribution is 2.25. The van der Waals surface area contributed by atoms with Crippen molar-refractivity contribution in [1.29, 1.82) is 0 Å². The Bertz CT molecular complexity index is 524. The zero-order valence-corrected chi connectivity index (χ0v) is 10.4. The van der Waals surface area contributed by atoms with Gasteiger partial charge in [-0.15, -0.1) is 0 Å². The third-order valence-electron chi connectivity index (χ3n) is 2.81. The molecule has 0 bridgehead atoms. The molecule has 1 atom stereocenters. The summed E-state index contributed by atoms with van der Waals surface area (Å²) in [5.74, 6) is 0.749. The van der Waals surface area contributed by atoms with Gasteiger partial charge in [0.25, 0.3) is 0 Å². The maximum Gasteiger partial charge on any atom is 0.188 e. The van der Waals surface area contributed by atoms with Crippen LogP contribution in [0.25, 0.3) is 10.8 Å². The lowest BCUT2D eigenvalue weighted by atomic mass is 10.0. The van der Waals surface area contributed by atoms with E-state index in [0.29, 0.717) is 0 Å². The summed E-state index contributed by atoms with van der Waals surface area (Å²) in [5.41, 5.74) is 0.911. The molecule has 0 aliphatic heterocycles. The van der Waals surface area contributed by atoms with Gasteiger partial charge in [0.2, 0.25) is 0 Å². The zero-order valence-electron chi connectivity index (χ0n) is 10.4. The summed E-state index contributed by atoms with van der Waals surface area (Å²) in [7, 11) is 1.58. The fourth-order valence-corrected chi connectivity index (χ4v) is 1.77. The van der Waals surface area contributed by atoms with Crippen molar-refractivity contribution in [3.05, 3.63) is 42.0 Å². The van der Waals surface area contributed by atoms with Crippen molar-refractivity contribution in [2.75, 3.05) is 13.9 Å². The number of methoxy groups -OCH3 is 1. The average molecular weight is 248 g/mol. The maximum absolute atomic E-state index is 8.69. The van der Waals surface area contributed by atoms with Crippen LogP contribution in [-0.2, 0) is 9.62 Å². The summed E-state index contributed by atoms with van der Waals surface area (Å²) in [5, 5.41) is 10.8. The first-order valence-corrected chi connectivity index (χ1v) is 5.70. The predicted molar refractivity (Wildman–Crippen MR) is 68.6 cm³/mol. The average Bonchev–Trinajstić information content (AvgIpc) is 2.43. The van der Waals surface area contributed by atoms with Gasteiger partial charge in [-0.3, -0.25) is 5.26 Å². The van der Waals surface area contributed by atoms with Gasteiger partial charge in [0.1, 0.15) is 11.9 Å². The monoisotopic (exact) mass is 248 g/mol. The van der Waals surface area contributed by atoms with Crippen LogP contribution in [0.15, 0.2) is 36.4 Å². The van der Waals surface area contributed by atoms with Crippen molar-refractivity contribution >= 4 is 10.8 Å². The first-order chi connectivity index (χ1) is 8.74. The van der Waals surface area contributed by atoms with Crippen molar-refractivity contribution in [3.8, 4) is 5.75 Å². The molecule has 18 heavy (non-hydrogen) atoms. The summed E-state index contributed by atoms with van der Waals surface area (Å²) >= 11 is 0. The van der Waals surface area contributed by atoms with E-state index in [0.717, 1.165) is 22.1 Å². The number of hydrogen-bond acceptors (Lipinski definition) is 4. The molecule has 0 fully saturated rings. The normalized spacial score (nSPS) is 12.6. The van der Waals surface area contributed by atoms with Gasteiger partial charge in [0.15, 0.2) is 6.79 Å². The molecule has 0 aliphatic rings. The van der Waals surface area contributed by atoms with Crippen LogP contribution in [0, 0.1) is 0 Å². The van der Waals surface area contributed by atoms with Crippen molar-refractivity contribution in [2.24, 2.45) is 0 Å². The molecule has 0 heterocycles. The molecule has 0 saturated heterocycles. The van der Waals surface area contributed by atoms with Gasteiger partial charge in [-0.05, 0) is 41.5 Å². The third-order valence-corrected chi connectivity index (χ3v) is 2.81. The van der Waals surface area contributed by atoms with Gasteiger partial charge in [0.05, 0.1) is 0 Å². The van der Waals surface area contributed by atoms with Crippen LogP contribution in [0.4, 0.5) is 0 Å². The van der Waals surface area contributed by atoms with Gasteiger partial charge in [-0.2, -0.15) is 0 Å². The fraction of sp³-hybridized carbons (Fsp3) is 0.286. The second kappa shape index (κ2) is 5.82. The fourth-order valence-electron chi connectivity index (χ4n) is 1.77. The van der Waals surface area contributed by atoms with Crippen LogP contribution in [0.5, 0.6) is 5.75 Å². The Hall–Kier alpha value is -1.62. The van der Waals surface area contributed by atoms with Gasteiger partial charge in [-0.25, -0.2) is 4.89 Å². The Labute approximate surface area is 106 Å². The van der Waals surface area contributed by atoms with E-state index in [1.807, 2.05) is 36.4 Å². The molecule has 0 radical (unpaired) electrons. The topological polar surface area (TPSA) is 47.9 Å². The van der Waals surface area contributed by atoms with E-state index < -0.39 is 0 Å². The molecule has 4 nitrogen and oxygen atoms in total. The summed E-state index contributed by atoms with van der Waals surface area (Å²) in [6, 6.07) is 11.7. The molecule has 2 rings (SSSR count). The van der Waals surface area contributed by atoms with E-state index >= 15 is 0 Å². The molecule has 0 spiro atoms. The predicted octanol–water partition coefficient (Wildman–Crippen LogP) is 3.37. The lowest BCUT2D eigenvalue weighted by molar-refractivity contribution is -0.277. The van der Waals surface area contributed by atoms with Crippen molar-refractivity contribution in [2.45, 2.75) is 13.0 Å². The standard InChI is InChI=1S/C14H16O4/c1-10(18-15)12-4-3-11-5-6-14(17-9-16-2)8-13(11)7-12/h3-8,10,15H,9H2,1-2H3. The highest BCUT2D eigenvalue weighted by atomic mass is 17.1. The molecule has 2 aromatic carbocycles. The highest BCUT2D eigenvalue weighted by Gasteiger charge is 2.06. The van der Waals surface area contributed by atoms with E-state index in [1.165, 1.54) is 0 Å². The SMILES string of the molecule is COCOc1ccc2ccc(C(C)OO)cc2c1. The number of ether oxygens (including phenoxy) is 2. The third kappa shape index (κ3) is 2.79. The first kappa shape index (κ1) is 12.8. The second-order valence-electron chi connectivity index (χ2n) is 4.07. The molecular formula is C14H16O4. The van der Waals surface area contributed by atoms with Gasteiger partial charge in [0, 0.05) is 7.11 Å². The summed E-state index contributed by atoms with van der Waals surface area (Å²) in [6.45, 7) is 2.01. The van der Waals surface area contributed by atoms with E-state index in [2.05, 4.69) is 4.89 Å². The minimum Gasteiger partial charge on any atom is -0.468 e. The van der Waals surface area contributed by atoms with E-state index in [4.69, 9.17) is 14.7 Å². The Morgan fingerprint density at radius 1 is 1.11 bits per heavy atom. The molecule has 0 saturated carbocycles. The van der Waals surface area contributed by atoms with Crippen molar-refractivity contribution in [1.82, 2.24) is 0 Å². The molecule has 1 unspecified atom stereocenters. The summed E-state index contributed by atoms with van der Waals surface area (Å²) in [4.78, 5) is 4.33. The minimum absolute atomic E-state index is 0.224. The number of hydrogen-bond donors (Lipinski definition) is 1. The zero-order chi connectivity index (χ0) is 13.0. The molecule has 96 valence electrons. The van der Waals surface area contributed by atoms with Gasteiger partial charge < -0.3 is 9.47 Å². The van der Waals surface area contributed by atoms with Crippen molar-refractivity contribution in [3.63, 3.8) is 0 Å². The lowest BCUT2D eigenvalue weighted by Crippen LogP contribution is -1.99. The highest BCUT2D eigenvalue weighted by molar-refractivity contribution is 5.84. The molecule has 0 amide bonds. The maximum atomic E-state index is 8.69. The Morgan fingerprint density at radius 3 is 2.61 bits per heavy atom. The molecule has 2 aromatic rings. The second-order valence-corrected chi connectivity index (χ2v) is 4.07. The molecule has 0 aromatic heterocycles. The Balaban J connectivity index is 2.33. The lowest BCUT2D eigenvalue weighted by Gasteiger charge is -2.10. The molecule has 4 heteroatoms. The smallest absolute Gasteiger partial charge is 0.188 e. The summed E-state index contributed by atoms with van der Waals surface area (Å²) < 4.78 is 10.2. The van der Waals surface area contributed by atoms with E-state index in [9.17, 15) is 0 Å². The van der Waals surface area contributed by atoms with Crippen LogP contribution in [0.1, 0.15) is 18.6 Å².